The first-order valence-corrected chi connectivity index (χ1v) is 6.66. The third-order valence-corrected chi connectivity index (χ3v) is 2.95. The summed E-state index contributed by atoms with van der Waals surface area (Å²) in [5.74, 6) is 0.753. The zero-order chi connectivity index (χ0) is 11.8. The van der Waals surface area contributed by atoms with Crippen LogP contribution in [-0.4, -0.2) is 18.1 Å². The minimum Gasteiger partial charge on any atom is -0.369 e. The molecule has 0 amide bonds. The van der Waals surface area contributed by atoms with E-state index >= 15 is 0 Å². The van der Waals surface area contributed by atoms with Crippen molar-refractivity contribution in [3.05, 3.63) is 21.8 Å². The molecule has 0 saturated carbocycles. The topological polar surface area (TPSA) is 50.9 Å². The lowest BCUT2D eigenvalue weighted by molar-refractivity contribution is 0.661. The second-order valence-corrected chi connectivity index (χ2v) is 4.94. The molecule has 0 bridgehead atoms. The van der Waals surface area contributed by atoms with Gasteiger partial charge in [-0.05, 0) is 41.4 Å². The Hall–Kier alpha value is -0.320. The molecule has 1 aromatic rings. The molecule has 0 aromatic carbocycles. The maximum atomic E-state index is 6.02. The molecule has 0 aliphatic carbocycles. The van der Waals surface area contributed by atoms with E-state index in [9.17, 15) is 0 Å². The number of nitrogens with zero attached hydrogens (tertiary/aromatic N) is 1. The van der Waals surface area contributed by atoms with E-state index in [-0.39, 0.29) is 0 Å². The fourth-order valence-electron chi connectivity index (χ4n) is 1.37. The molecule has 5 heteroatoms. The van der Waals surface area contributed by atoms with E-state index in [0.29, 0.717) is 5.02 Å². The highest BCUT2D eigenvalue weighted by molar-refractivity contribution is 9.10. The van der Waals surface area contributed by atoms with Crippen molar-refractivity contribution in [3.8, 4) is 0 Å². The Morgan fingerprint density at radius 2 is 2.06 bits per heavy atom. The van der Waals surface area contributed by atoms with Gasteiger partial charge >= 0.3 is 0 Å². The molecule has 90 valence electrons. The predicted octanol–water partition coefficient (Wildman–Crippen LogP) is 3.43. The third-order valence-electron chi connectivity index (χ3n) is 2.23. The molecule has 0 unspecified atom stereocenters. The first kappa shape index (κ1) is 13.7. The summed E-state index contributed by atoms with van der Waals surface area (Å²) in [7, 11) is 0. The van der Waals surface area contributed by atoms with Crippen molar-refractivity contribution in [2.24, 2.45) is 5.73 Å². The molecule has 3 N–H and O–H groups in total. The van der Waals surface area contributed by atoms with Crippen molar-refractivity contribution in [2.45, 2.75) is 25.7 Å². The highest BCUT2D eigenvalue weighted by Gasteiger charge is 2.01. The van der Waals surface area contributed by atoms with E-state index in [0.717, 1.165) is 36.2 Å². The molecule has 0 fully saturated rings. The van der Waals surface area contributed by atoms with Crippen LogP contribution in [0.3, 0.4) is 0 Å². The molecule has 1 rings (SSSR count). The van der Waals surface area contributed by atoms with Crippen molar-refractivity contribution in [2.75, 3.05) is 18.4 Å². The molecule has 0 saturated heterocycles. The van der Waals surface area contributed by atoms with Crippen molar-refractivity contribution in [3.63, 3.8) is 0 Å². The van der Waals surface area contributed by atoms with Crippen molar-refractivity contribution >= 4 is 33.3 Å². The number of nitrogens with one attached hydrogen (secondary N) is 1. The molecule has 3 nitrogen and oxygen atoms in total. The number of pyridine rings is 1. The van der Waals surface area contributed by atoms with Crippen molar-refractivity contribution in [1.82, 2.24) is 4.98 Å². The van der Waals surface area contributed by atoms with E-state index in [1.165, 1.54) is 12.8 Å². The molecule has 0 atom stereocenters. The third kappa shape index (κ3) is 5.14. The second kappa shape index (κ2) is 7.87. The van der Waals surface area contributed by atoms with Gasteiger partial charge in [0.25, 0.3) is 0 Å². The lowest BCUT2D eigenvalue weighted by Gasteiger charge is -2.07. The van der Waals surface area contributed by atoms with Crippen LogP contribution in [0.4, 0.5) is 5.82 Å². The molecule has 1 aromatic heterocycles. The molecule has 0 aliphatic heterocycles. The summed E-state index contributed by atoms with van der Waals surface area (Å²) in [5.41, 5.74) is 5.42. The van der Waals surface area contributed by atoms with Gasteiger partial charge < -0.3 is 11.1 Å². The van der Waals surface area contributed by atoms with E-state index in [2.05, 4.69) is 26.2 Å². The van der Waals surface area contributed by atoms with Crippen LogP contribution >= 0.6 is 27.5 Å². The van der Waals surface area contributed by atoms with Gasteiger partial charge in [-0.2, -0.15) is 0 Å². The average Bonchev–Trinajstić information content (AvgIpc) is 2.26. The zero-order valence-electron chi connectivity index (χ0n) is 9.18. The van der Waals surface area contributed by atoms with Gasteiger partial charge in [0.1, 0.15) is 5.82 Å². The summed E-state index contributed by atoms with van der Waals surface area (Å²) < 4.78 is 0.894. The molecule has 0 radical (unpaired) electrons. The van der Waals surface area contributed by atoms with Gasteiger partial charge in [-0.15, -0.1) is 0 Å². The Bertz CT molecular complexity index is 320. The van der Waals surface area contributed by atoms with Gasteiger partial charge in [0.05, 0.1) is 5.02 Å². The maximum absolute atomic E-state index is 6.02. The highest BCUT2D eigenvalue weighted by Crippen LogP contribution is 2.22. The quantitative estimate of drug-likeness (QED) is 0.759. The molecule has 1 heterocycles. The standard InChI is InChI=1S/C11H17BrClN3/c12-9-7-10(13)11(16-8-9)15-6-4-2-1-3-5-14/h7-8H,1-6,14H2,(H,15,16). The average molecular weight is 307 g/mol. The normalized spacial score (nSPS) is 10.4. The molecule has 0 spiro atoms. The number of rotatable bonds is 7. The van der Waals surface area contributed by atoms with Crippen molar-refractivity contribution < 1.29 is 0 Å². The predicted molar refractivity (Wildman–Crippen MR) is 73.0 cm³/mol. The monoisotopic (exact) mass is 305 g/mol. The minimum atomic E-state index is 0.649. The molecule has 16 heavy (non-hydrogen) atoms. The van der Waals surface area contributed by atoms with Crippen LogP contribution in [0.5, 0.6) is 0 Å². The van der Waals surface area contributed by atoms with Gasteiger partial charge in [-0.3, -0.25) is 0 Å². The first-order chi connectivity index (χ1) is 7.74. The van der Waals surface area contributed by atoms with Gasteiger partial charge in [0, 0.05) is 17.2 Å². The Morgan fingerprint density at radius 1 is 1.31 bits per heavy atom. The Balaban J connectivity index is 2.21. The largest absolute Gasteiger partial charge is 0.369 e. The van der Waals surface area contributed by atoms with E-state index < -0.39 is 0 Å². The number of hydrogen-bond acceptors (Lipinski definition) is 3. The number of nitrogens with two attached hydrogens (primary N) is 1. The van der Waals surface area contributed by atoms with Crippen LogP contribution in [-0.2, 0) is 0 Å². The summed E-state index contributed by atoms with van der Waals surface area (Å²) in [4.78, 5) is 4.20. The van der Waals surface area contributed by atoms with Gasteiger partial charge in [0.15, 0.2) is 0 Å². The summed E-state index contributed by atoms with van der Waals surface area (Å²) >= 11 is 9.34. The van der Waals surface area contributed by atoms with Gasteiger partial charge in [-0.1, -0.05) is 24.4 Å². The zero-order valence-corrected chi connectivity index (χ0v) is 11.5. The van der Waals surface area contributed by atoms with Crippen LogP contribution in [0.1, 0.15) is 25.7 Å². The number of aromatic nitrogens is 1. The Labute approximate surface area is 110 Å². The molecule has 0 aliphatic rings. The smallest absolute Gasteiger partial charge is 0.144 e. The number of anilines is 1. The first-order valence-electron chi connectivity index (χ1n) is 5.49. The fourth-order valence-corrected chi connectivity index (χ4v) is 2.07. The number of hydrogen-bond donors (Lipinski definition) is 2. The lowest BCUT2D eigenvalue weighted by atomic mass is 10.2. The number of halogens is 2. The van der Waals surface area contributed by atoms with Crippen LogP contribution in [0.2, 0.25) is 5.02 Å². The summed E-state index contributed by atoms with van der Waals surface area (Å²) in [6, 6.07) is 1.84. The minimum absolute atomic E-state index is 0.649. The molecular weight excluding hydrogens is 289 g/mol. The van der Waals surface area contributed by atoms with Crippen molar-refractivity contribution in [1.29, 1.82) is 0 Å². The molecular formula is C11H17BrClN3. The fraction of sp³-hybridized carbons (Fsp3) is 0.545. The van der Waals surface area contributed by atoms with E-state index in [4.69, 9.17) is 17.3 Å². The Kier molecular flexibility index (Phi) is 6.76. The number of unbranched alkanes of at least 4 members (excludes halogenated alkanes) is 3. The van der Waals surface area contributed by atoms with Gasteiger partial charge in [0.2, 0.25) is 0 Å². The van der Waals surface area contributed by atoms with E-state index in [1.807, 2.05) is 6.07 Å². The van der Waals surface area contributed by atoms with Gasteiger partial charge in [-0.25, -0.2) is 4.98 Å². The van der Waals surface area contributed by atoms with Crippen LogP contribution in [0.25, 0.3) is 0 Å². The van der Waals surface area contributed by atoms with Crippen LogP contribution in [0.15, 0.2) is 16.7 Å². The lowest BCUT2D eigenvalue weighted by Crippen LogP contribution is -2.04. The summed E-state index contributed by atoms with van der Waals surface area (Å²) in [5, 5.41) is 3.87. The highest BCUT2D eigenvalue weighted by atomic mass is 79.9. The van der Waals surface area contributed by atoms with Crippen LogP contribution < -0.4 is 11.1 Å². The SMILES string of the molecule is NCCCCCCNc1ncc(Br)cc1Cl. The Morgan fingerprint density at radius 3 is 2.75 bits per heavy atom. The summed E-state index contributed by atoms with van der Waals surface area (Å²) in [6.07, 6.45) is 6.35. The maximum Gasteiger partial charge on any atom is 0.144 e. The summed E-state index contributed by atoms with van der Waals surface area (Å²) in [6.45, 7) is 1.69. The van der Waals surface area contributed by atoms with Crippen LogP contribution in [0, 0.1) is 0 Å². The van der Waals surface area contributed by atoms with E-state index in [1.54, 1.807) is 6.20 Å². The second-order valence-electron chi connectivity index (χ2n) is 3.61.